The molecule has 250 valence electrons. The summed E-state index contributed by atoms with van der Waals surface area (Å²) in [6.07, 6.45) is 7.74. The summed E-state index contributed by atoms with van der Waals surface area (Å²) in [5.41, 5.74) is 6.86. The van der Waals surface area contributed by atoms with Crippen molar-refractivity contribution < 1.29 is 22.7 Å². The van der Waals surface area contributed by atoms with E-state index in [1.54, 1.807) is 30.3 Å². The first kappa shape index (κ1) is 35.8. The fourth-order valence-electron chi connectivity index (χ4n) is 6.09. The number of unbranched alkanes of at least 4 members (excludes halogenated alkanes) is 5. The van der Waals surface area contributed by atoms with Crippen LogP contribution in [0.25, 0.3) is 0 Å². The summed E-state index contributed by atoms with van der Waals surface area (Å²) < 4.78 is 40.6. The second-order valence-corrected chi connectivity index (χ2v) is 15.6. The molecule has 4 N–H and O–H groups in total. The highest BCUT2D eigenvalue weighted by molar-refractivity contribution is 7.89. The summed E-state index contributed by atoms with van der Waals surface area (Å²) in [4.78, 5) is 15.0. The minimum Gasteiger partial charge on any atom is -0.484 e. The smallest absolute Gasteiger partial charge is 0.407 e. The summed E-state index contributed by atoms with van der Waals surface area (Å²) in [6, 6.07) is 10.1. The van der Waals surface area contributed by atoms with Crippen molar-refractivity contribution in [3.63, 3.8) is 0 Å². The third-order valence-corrected chi connectivity index (χ3v) is 10.3. The summed E-state index contributed by atoms with van der Waals surface area (Å²) >= 11 is 13.1. The maximum Gasteiger partial charge on any atom is 0.407 e. The summed E-state index contributed by atoms with van der Waals surface area (Å²) in [6.45, 7) is 8.14. The van der Waals surface area contributed by atoms with Crippen molar-refractivity contribution in [2.24, 2.45) is 5.73 Å². The quantitative estimate of drug-likeness (QED) is 0.192. The first-order valence-corrected chi connectivity index (χ1v) is 18.3. The lowest BCUT2D eigenvalue weighted by Crippen LogP contribution is -2.53. The zero-order valence-corrected chi connectivity index (χ0v) is 28.9. The Morgan fingerprint density at radius 1 is 1.04 bits per heavy atom. The Morgan fingerprint density at radius 3 is 2.42 bits per heavy atom. The van der Waals surface area contributed by atoms with E-state index in [9.17, 15) is 13.2 Å². The molecule has 0 unspecified atom stereocenters. The molecule has 0 bridgehead atoms. The van der Waals surface area contributed by atoms with Crippen LogP contribution in [0.2, 0.25) is 10.0 Å². The lowest BCUT2D eigenvalue weighted by atomic mass is 10.0. The third-order valence-electron chi connectivity index (χ3n) is 8.23. The van der Waals surface area contributed by atoms with Crippen LogP contribution in [0.4, 0.5) is 4.79 Å². The van der Waals surface area contributed by atoms with Crippen molar-refractivity contribution in [1.82, 2.24) is 14.9 Å². The van der Waals surface area contributed by atoms with Gasteiger partial charge in [-0.2, -0.15) is 0 Å². The highest BCUT2D eigenvalue weighted by Gasteiger charge is 2.41. The molecule has 2 aliphatic rings. The van der Waals surface area contributed by atoms with E-state index in [1.165, 1.54) is 0 Å². The van der Waals surface area contributed by atoms with Crippen molar-refractivity contribution >= 4 is 39.3 Å². The van der Waals surface area contributed by atoms with E-state index >= 15 is 0 Å². The van der Waals surface area contributed by atoms with E-state index in [4.69, 9.17) is 38.4 Å². The molecule has 1 aliphatic heterocycles. The number of rotatable bonds is 14. The predicted octanol–water partition coefficient (Wildman–Crippen LogP) is 6.60. The van der Waals surface area contributed by atoms with Gasteiger partial charge in [0.15, 0.2) is 0 Å². The van der Waals surface area contributed by atoms with Crippen LogP contribution < -0.4 is 20.5 Å². The molecule has 0 saturated carbocycles. The summed E-state index contributed by atoms with van der Waals surface area (Å²) in [5, 5.41) is 4.15. The number of nitrogens with two attached hydrogens (primary N) is 1. The SMILES string of the molecule is CC(C)(C)OC(=O)N[C@@H]1CCCN([C@H]2Cc3c(Cl)cc(Cl)cc3[C@@H]2Oc2ccc(S(=O)(=O)NCCCCCCCCN)cc2)C1. The number of sulfonamides is 1. The number of carbonyl (C=O) groups is 1. The van der Waals surface area contributed by atoms with E-state index in [0.717, 1.165) is 75.6 Å². The molecule has 1 fully saturated rings. The normalized spacial score (nSPS) is 20.5. The number of ether oxygens (including phenoxy) is 2. The van der Waals surface area contributed by atoms with Gasteiger partial charge in [0, 0.05) is 34.7 Å². The number of carbonyl (C=O) groups excluding carboxylic acids is 1. The standard InChI is InChI=1S/C33H48Cl2N4O5S/c1-33(2,3)44-32(40)38-24-11-10-18-39(22-24)30-21-27-28(19-23(34)20-29(27)35)31(30)43-25-12-14-26(15-13-25)45(41,42)37-17-9-7-5-4-6-8-16-36/h12-15,19-20,24,30-31,37H,4-11,16-18,21-22,36H2,1-3H3,(H,38,40)/t24-,30+,31+/m1/s1. The van der Waals surface area contributed by atoms with Gasteiger partial charge < -0.3 is 20.5 Å². The largest absolute Gasteiger partial charge is 0.484 e. The molecule has 45 heavy (non-hydrogen) atoms. The molecule has 0 spiro atoms. The van der Waals surface area contributed by atoms with E-state index in [2.05, 4.69) is 14.9 Å². The fourth-order valence-corrected chi connectivity index (χ4v) is 7.75. The van der Waals surface area contributed by atoms with Crippen LogP contribution in [-0.4, -0.2) is 63.3 Å². The lowest BCUT2D eigenvalue weighted by Gasteiger charge is -2.39. The molecule has 1 aliphatic carbocycles. The molecular formula is C33H48Cl2N4O5S. The number of benzene rings is 2. The minimum absolute atomic E-state index is 0.0559. The van der Waals surface area contributed by atoms with Gasteiger partial charge in [0.1, 0.15) is 17.5 Å². The van der Waals surface area contributed by atoms with E-state index in [-0.39, 0.29) is 23.1 Å². The number of likely N-dealkylation sites (tertiary alicyclic amines) is 1. The number of halogens is 2. The molecule has 0 aromatic heterocycles. The predicted molar refractivity (Wildman–Crippen MR) is 180 cm³/mol. The first-order chi connectivity index (χ1) is 21.4. The number of fused-ring (bicyclic) bond motifs is 1. The molecule has 2 aromatic carbocycles. The lowest BCUT2D eigenvalue weighted by molar-refractivity contribution is 0.0362. The van der Waals surface area contributed by atoms with Crippen molar-refractivity contribution in [1.29, 1.82) is 0 Å². The van der Waals surface area contributed by atoms with Gasteiger partial charge in [0.2, 0.25) is 10.0 Å². The highest BCUT2D eigenvalue weighted by Crippen LogP contribution is 2.43. The zero-order valence-electron chi connectivity index (χ0n) is 26.6. The zero-order chi connectivity index (χ0) is 32.6. The molecular weight excluding hydrogens is 635 g/mol. The van der Waals surface area contributed by atoms with Gasteiger partial charge in [-0.3, -0.25) is 4.90 Å². The Balaban J connectivity index is 1.42. The molecule has 1 heterocycles. The van der Waals surface area contributed by atoms with Gasteiger partial charge in [-0.15, -0.1) is 0 Å². The monoisotopic (exact) mass is 682 g/mol. The van der Waals surface area contributed by atoms with Crippen LogP contribution in [0.3, 0.4) is 0 Å². The summed E-state index contributed by atoms with van der Waals surface area (Å²) in [5.74, 6) is 0.547. The number of alkyl carbamates (subject to hydrolysis) is 1. The average molecular weight is 684 g/mol. The number of hydrogen-bond donors (Lipinski definition) is 3. The number of hydrogen-bond acceptors (Lipinski definition) is 7. The van der Waals surface area contributed by atoms with Crippen LogP contribution in [-0.2, 0) is 21.2 Å². The van der Waals surface area contributed by atoms with Crippen LogP contribution in [0, 0.1) is 0 Å². The van der Waals surface area contributed by atoms with Crippen molar-refractivity contribution in [2.45, 2.75) is 107 Å². The Labute approximate surface area is 278 Å². The Hall–Kier alpha value is -2.08. The van der Waals surface area contributed by atoms with Crippen molar-refractivity contribution in [3.8, 4) is 5.75 Å². The fraction of sp³-hybridized carbons (Fsp3) is 0.606. The average Bonchev–Trinajstić information content (AvgIpc) is 3.32. The van der Waals surface area contributed by atoms with Gasteiger partial charge >= 0.3 is 6.09 Å². The molecule has 9 nitrogen and oxygen atoms in total. The number of piperidine rings is 1. The van der Waals surface area contributed by atoms with E-state index < -0.39 is 21.7 Å². The molecule has 1 saturated heterocycles. The maximum absolute atomic E-state index is 12.9. The van der Waals surface area contributed by atoms with Crippen LogP contribution in [0.15, 0.2) is 41.3 Å². The Bertz CT molecular complexity index is 1380. The third kappa shape index (κ3) is 10.5. The Kier molecular flexibility index (Phi) is 12.8. The number of amides is 1. The molecule has 4 rings (SSSR count). The molecule has 3 atom stereocenters. The van der Waals surface area contributed by atoms with E-state index in [1.807, 2.05) is 26.8 Å². The van der Waals surface area contributed by atoms with Gasteiger partial charge in [-0.25, -0.2) is 17.9 Å². The van der Waals surface area contributed by atoms with Crippen molar-refractivity contribution in [2.75, 3.05) is 26.2 Å². The van der Waals surface area contributed by atoms with Gasteiger partial charge in [-0.05, 0) is 108 Å². The summed E-state index contributed by atoms with van der Waals surface area (Å²) in [7, 11) is -3.63. The highest BCUT2D eigenvalue weighted by atomic mass is 35.5. The van der Waals surface area contributed by atoms with Crippen molar-refractivity contribution in [3.05, 3.63) is 57.6 Å². The van der Waals surface area contributed by atoms with Crippen LogP contribution in [0.1, 0.15) is 89.4 Å². The first-order valence-electron chi connectivity index (χ1n) is 16.0. The molecule has 2 aromatic rings. The topological polar surface area (TPSA) is 123 Å². The molecule has 12 heteroatoms. The van der Waals surface area contributed by atoms with Gasteiger partial charge in [0.25, 0.3) is 0 Å². The van der Waals surface area contributed by atoms with Gasteiger partial charge in [0.05, 0.1) is 10.9 Å². The van der Waals surface area contributed by atoms with Crippen LogP contribution >= 0.6 is 23.2 Å². The maximum atomic E-state index is 12.9. The Morgan fingerprint density at radius 2 is 1.73 bits per heavy atom. The second-order valence-electron chi connectivity index (χ2n) is 13.0. The second kappa shape index (κ2) is 16.2. The minimum atomic E-state index is -3.63. The van der Waals surface area contributed by atoms with E-state index in [0.29, 0.717) is 35.3 Å². The molecule has 1 amide bonds. The van der Waals surface area contributed by atoms with Crippen LogP contribution in [0.5, 0.6) is 5.75 Å². The van der Waals surface area contributed by atoms with Gasteiger partial charge in [-0.1, -0.05) is 48.9 Å². The number of nitrogens with one attached hydrogen (secondary N) is 2. The number of nitrogens with zero attached hydrogens (tertiary/aromatic N) is 1. The molecule has 0 radical (unpaired) electrons.